The van der Waals surface area contributed by atoms with Crippen LogP contribution < -0.4 is 11.1 Å². The van der Waals surface area contributed by atoms with Gasteiger partial charge in [-0.15, -0.1) is 0 Å². The van der Waals surface area contributed by atoms with Crippen molar-refractivity contribution < 1.29 is 9.72 Å². The molecule has 6 heteroatoms. The summed E-state index contributed by atoms with van der Waals surface area (Å²) in [5, 5.41) is 13.6. The predicted molar refractivity (Wildman–Crippen MR) is 81.4 cm³/mol. The second-order valence-corrected chi connectivity index (χ2v) is 4.79. The van der Waals surface area contributed by atoms with Gasteiger partial charge in [0.05, 0.1) is 4.92 Å². The van der Waals surface area contributed by atoms with Gasteiger partial charge in [-0.05, 0) is 49.2 Å². The molecule has 0 heterocycles. The van der Waals surface area contributed by atoms with Crippen LogP contribution in [0.5, 0.6) is 0 Å². The molecule has 0 aliphatic heterocycles. The lowest BCUT2D eigenvalue weighted by molar-refractivity contribution is -0.385. The molecule has 0 saturated carbocycles. The van der Waals surface area contributed by atoms with Crippen molar-refractivity contribution in [1.29, 1.82) is 0 Å². The lowest BCUT2D eigenvalue weighted by Crippen LogP contribution is -2.14. The van der Waals surface area contributed by atoms with Gasteiger partial charge in [0, 0.05) is 17.4 Å². The fraction of sp³-hybridized carbons (Fsp3) is 0.133. The van der Waals surface area contributed by atoms with Gasteiger partial charge < -0.3 is 11.1 Å². The van der Waals surface area contributed by atoms with Crippen LogP contribution in [0.1, 0.15) is 21.5 Å². The number of nitrogens with zero attached hydrogens (tertiary/aromatic N) is 1. The highest BCUT2D eigenvalue weighted by Gasteiger charge is 2.20. The molecule has 2 aromatic carbocycles. The minimum absolute atomic E-state index is 0.0572. The Morgan fingerprint density at radius 2 is 1.86 bits per heavy atom. The minimum Gasteiger partial charge on any atom is -0.399 e. The van der Waals surface area contributed by atoms with E-state index in [1.165, 1.54) is 18.2 Å². The average molecular weight is 285 g/mol. The number of hydrogen-bond donors (Lipinski definition) is 2. The summed E-state index contributed by atoms with van der Waals surface area (Å²) in [6.07, 6.45) is 0. The molecule has 0 bridgehead atoms. The van der Waals surface area contributed by atoms with E-state index in [9.17, 15) is 14.9 Å². The molecule has 0 fully saturated rings. The van der Waals surface area contributed by atoms with Crippen LogP contribution in [-0.4, -0.2) is 10.8 Å². The van der Waals surface area contributed by atoms with Gasteiger partial charge in [0.1, 0.15) is 5.56 Å². The van der Waals surface area contributed by atoms with E-state index in [-0.39, 0.29) is 11.3 Å². The predicted octanol–water partition coefficient (Wildman–Crippen LogP) is 3.05. The van der Waals surface area contributed by atoms with Crippen molar-refractivity contribution in [2.24, 2.45) is 0 Å². The van der Waals surface area contributed by atoms with Gasteiger partial charge in [-0.1, -0.05) is 6.07 Å². The Morgan fingerprint density at radius 3 is 2.48 bits per heavy atom. The maximum atomic E-state index is 12.2. The monoisotopic (exact) mass is 285 g/mol. The lowest BCUT2D eigenvalue weighted by atomic mass is 10.1. The Kier molecular flexibility index (Phi) is 3.89. The first-order valence-electron chi connectivity index (χ1n) is 6.31. The summed E-state index contributed by atoms with van der Waals surface area (Å²) in [5.74, 6) is -0.558. The Balaban J connectivity index is 2.34. The standard InChI is InChI=1S/C15H15N3O3/c1-9-3-5-12(7-10(9)2)17-15(19)13-8-11(16)4-6-14(13)18(20)21/h3-8H,16H2,1-2H3,(H,17,19). The number of nitrogens with one attached hydrogen (secondary N) is 1. The van der Waals surface area contributed by atoms with E-state index < -0.39 is 10.8 Å². The Hall–Kier alpha value is -2.89. The van der Waals surface area contributed by atoms with E-state index in [4.69, 9.17) is 5.73 Å². The first kappa shape index (κ1) is 14.5. The summed E-state index contributed by atoms with van der Waals surface area (Å²) in [7, 11) is 0. The smallest absolute Gasteiger partial charge is 0.282 e. The van der Waals surface area contributed by atoms with E-state index in [2.05, 4.69) is 5.32 Å². The number of nitro groups is 1. The molecular weight excluding hydrogens is 270 g/mol. The largest absolute Gasteiger partial charge is 0.399 e. The van der Waals surface area contributed by atoms with E-state index in [0.29, 0.717) is 11.4 Å². The highest BCUT2D eigenvalue weighted by molar-refractivity contribution is 6.07. The number of rotatable bonds is 3. The number of anilines is 2. The number of amides is 1. The van der Waals surface area contributed by atoms with E-state index in [0.717, 1.165) is 11.1 Å². The summed E-state index contributed by atoms with van der Waals surface area (Å²) in [6.45, 7) is 3.89. The molecule has 2 rings (SSSR count). The molecule has 0 saturated heterocycles. The maximum absolute atomic E-state index is 12.2. The average Bonchev–Trinajstić information content (AvgIpc) is 2.42. The van der Waals surface area contributed by atoms with Crippen LogP contribution in [0.15, 0.2) is 36.4 Å². The number of aryl methyl sites for hydroxylation is 2. The summed E-state index contributed by atoms with van der Waals surface area (Å²) >= 11 is 0. The van der Waals surface area contributed by atoms with Gasteiger partial charge in [0.15, 0.2) is 0 Å². The molecule has 2 aromatic rings. The zero-order valence-electron chi connectivity index (χ0n) is 11.7. The number of carbonyl (C=O) groups excluding carboxylic acids is 1. The molecule has 0 spiro atoms. The van der Waals surface area contributed by atoms with Crippen LogP contribution in [0.4, 0.5) is 17.1 Å². The van der Waals surface area contributed by atoms with E-state index >= 15 is 0 Å². The molecule has 0 unspecified atom stereocenters. The maximum Gasteiger partial charge on any atom is 0.282 e. The van der Waals surface area contributed by atoms with Crippen molar-refractivity contribution in [3.63, 3.8) is 0 Å². The molecule has 108 valence electrons. The van der Waals surface area contributed by atoms with Crippen LogP contribution in [0.25, 0.3) is 0 Å². The second-order valence-electron chi connectivity index (χ2n) is 4.79. The van der Waals surface area contributed by atoms with Crippen molar-refractivity contribution in [1.82, 2.24) is 0 Å². The molecule has 3 N–H and O–H groups in total. The van der Waals surface area contributed by atoms with Crippen LogP contribution in [-0.2, 0) is 0 Å². The van der Waals surface area contributed by atoms with Crippen molar-refractivity contribution in [3.05, 3.63) is 63.2 Å². The van der Waals surface area contributed by atoms with Crippen molar-refractivity contribution in [2.45, 2.75) is 13.8 Å². The van der Waals surface area contributed by atoms with Gasteiger partial charge in [-0.25, -0.2) is 0 Å². The molecule has 0 aliphatic carbocycles. The number of nitro benzene ring substituents is 1. The summed E-state index contributed by atoms with van der Waals surface area (Å²) in [6, 6.07) is 9.35. The Bertz CT molecular complexity index is 726. The van der Waals surface area contributed by atoms with Crippen LogP contribution >= 0.6 is 0 Å². The molecule has 0 aliphatic rings. The molecular formula is C15H15N3O3. The third-order valence-electron chi connectivity index (χ3n) is 3.23. The lowest BCUT2D eigenvalue weighted by Gasteiger charge is -2.08. The summed E-state index contributed by atoms with van der Waals surface area (Å²) in [4.78, 5) is 22.6. The molecule has 1 amide bonds. The second kappa shape index (κ2) is 5.62. The summed E-state index contributed by atoms with van der Waals surface area (Å²) in [5.41, 5.74) is 8.27. The topological polar surface area (TPSA) is 98.3 Å². The van der Waals surface area contributed by atoms with Crippen LogP contribution in [0, 0.1) is 24.0 Å². The fourth-order valence-corrected chi connectivity index (χ4v) is 1.91. The first-order chi connectivity index (χ1) is 9.88. The quantitative estimate of drug-likeness (QED) is 0.514. The normalized spacial score (nSPS) is 10.2. The first-order valence-corrected chi connectivity index (χ1v) is 6.31. The third-order valence-corrected chi connectivity index (χ3v) is 3.23. The van der Waals surface area contributed by atoms with Gasteiger partial charge in [0.25, 0.3) is 11.6 Å². The molecule has 21 heavy (non-hydrogen) atoms. The number of nitrogens with two attached hydrogens (primary N) is 1. The van der Waals surface area contributed by atoms with Gasteiger partial charge >= 0.3 is 0 Å². The number of hydrogen-bond acceptors (Lipinski definition) is 4. The van der Waals surface area contributed by atoms with Crippen LogP contribution in [0.3, 0.4) is 0 Å². The van der Waals surface area contributed by atoms with Crippen molar-refractivity contribution in [3.8, 4) is 0 Å². The van der Waals surface area contributed by atoms with Gasteiger partial charge in [0.2, 0.25) is 0 Å². The van der Waals surface area contributed by atoms with Gasteiger partial charge in [-0.2, -0.15) is 0 Å². The zero-order valence-corrected chi connectivity index (χ0v) is 11.7. The third kappa shape index (κ3) is 3.17. The number of carbonyl (C=O) groups is 1. The highest BCUT2D eigenvalue weighted by Crippen LogP contribution is 2.23. The van der Waals surface area contributed by atoms with E-state index in [1.54, 1.807) is 6.07 Å². The number of nitrogen functional groups attached to an aromatic ring is 1. The molecule has 6 nitrogen and oxygen atoms in total. The SMILES string of the molecule is Cc1ccc(NC(=O)c2cc(N)ccc2[N+](=O)[O-])cc1C. The van der Waals surface area contributed by atoms with Crippen LogP contribution in [0.2, 0.25) is 0 Å². The van der Waals surface area contributed by atoms with Crippen molar-refractivity contribution in [2.75, 3.05) is 11.1 Å². The molecule has 0 aromatic heterocycles. The Morgan fingerprint density at radius 1 is 1.14 bits per heavy atom. The summed E-state index contributed by atoms with van der Waals surface area (Å²) < 4.78 is 0. The van der Waals surface area contributed by atoms with Crippen molar-refractivity contribution >= 4 is 23.0 Å². The minimum atomic E-state index is -0.602. The zero-order chi connectivity index (χ0) is 15.6. The fourth-order valence-electron chi connectivity index (χ4n) is 1.91. The number of benzene rings is 2. The Labute approximate surface area is 121 Å². The molecule has 0 atom stereocenters. The molecule has 0 radical (unpaired) electrons. The van der Waals surface area contributed by atoms with Gasteiger partial charge in [-0.3, -0.25) is 14.9 Å². The highest BCUT2D eigenvalue weighted by atomic mass is 16.6. The van der Waals surface area contributed by atoms with E-state index in [1.807, 2.05) is 26.0 Å².